The molecule has 11 nitrogen and oxygen atoms in total. The van der Waals surface area contributed by atoms with E-state index in [1.54, 1.807) is 24.8 Å². The molecule has 1 atom stereocenters. The van der Waals surface area contributed by atoms with E-state index in [0.29, 0.717) is 47.7 Å². The predicted octanol–water partition coefficient (Wildman–Crippen LogP) is 4.19. The average molecular weight is 658 g/mol. The molecule has 13 heteroatoms. The SMILES string of the molecule is CCOC(=O)c1cn(N2[C@@H](c3cc(OCCCOC)c(Cl)cc3Br)CCC2(COC(C)=O)COC(C)=O)ccc1=O. The number of aromatic nitrogens is 1. The second kappa shape index (κ2) is 14.7. The standard InChI is InChI=1S/C28H34BrClN2O9/c1-5-38-27(36)21-15-31(10-8-25(21)35)32-24(7-9-28(32,16-40-18(2)33)17-41-19(3)34)20-13-26(23(30)14-22(20)29)39-12-6-11-37-4/h8,10,13-15,24H,5-7,9,11-12,16-17H2,1-4H3/t24-/m1/s1. The fraction of sp³-hybridized carbons (Fsp3) is 0.500. The molecule has 2 heterocycles. The largest absolute Gasteiger partial charge is 0.492 e. The molecule has 1 fully saturated rings. The number of nitrogens with zero attached hydrogens (tertiary/aromatic N) is 2. The lowest BCUT2D eigenvalue weighted by molar-refractivity contribution is -0.147. The molecule has 41 heavy (non-hydrogen) atoms. The van der Waals surface area contributed by atoms with Crippen LogP contribution < -0.4 is 15.2 Å². The summed E-state index contributed by atoms with van der Waals surface area (Å²) in [5.41, 5.74) is -0.964. The second-order valence-electron chi connectivity index (χ2n) is 9.51. The highest BCUT2D eigenvalue weighted by molar-refractivity contribution is 9.10. The van der Waals surface area contributed by atoms with E-state index in [2.05, 4.69) is 15.9 Å². The summed E-state index contributed by atoms with van der Waals surface area (Å²) in [6.45, 7) is 4.97. The van der Waals surface area contributed by atoms with Crippen molar-refractivity contribution in [1.82, 2.24) is 4.68 Å². The van der Waals surface area contributed by atoms with Crippen LogP contribution in [0.2, 0.25) is 5.02 Å². The number of pyridine rings is 1. The van der Waals surface area contributed by atoms with E-state index in [4.69, 9.17) is 35.3 Å². The Bertz CT molecular complexity index is 1300. The van der Waals surface area contributed by atoms with E-state index < -0.39 is 34.9 Å². The van der Waals surface area contributed by atoms with Gasteiger partial charge >= 0.3 is 17.9 Å². The van der Waals surface area contributed by atoms with Crippen LogP contribution in [0.4, 0.5) is 0 Å². The average Bonchev–Trinajstić information content (AvgIpc) is 3.29. The van der Waals surface area contributed by atoms with Gasteiger partial charge in [-0.2, -0.15) is 0 Å². The third-order valence-electron chi connectivity index (χ3n) is 6.56. The van der Waals surface area contributed by atoms with E-state index >= 15 is 0 Å². The number of hydrogen-bond acceptors (Lipinski definition) is 10. The van der Waals surface area contributed by atoms with Crippen LogP contribution >= 0.6 is 27.5 Å². The monoisotopic (exact) mass is 656 g/mol. The lowest BCUT2D eigenvalue weighted by atomic mass is 9.99. The molecule has 1 saturated heterocycles. The van der Waals surface area contributed by atoms with Crippen molar-refractivity contribution < 1.29 is 38.1 Å². The molecule has 2 aromatic rings. The minimum atomic E-state index is -1.05. The minimum Gasteiger partial charge on any atom is -0.492 e. The van der Waals surface area contributed by atoms with E-state index in [1.165, 1.54) is 32.3 Å². The van der Waals surface area contributed by atoms with Gasteiger partial charge in [0.1, 0.15) is 30.1 Å². The molecular weight excluding hydrogens is 624 g/mol. The quantitative estimate of drug-likeness (QED) is 0.176. The summed E-state index contributed by atoms with van der Waals surface area (Å²) >= 11 is 10.1. The Kier molecular flexibility index (Phi) is 11.6. The van der Waals surface area contributed by atoms with E-state index in [1.807, 2.05) is 11.1 Å². The number of hydrogen-bond donors (Lipinski definition) is 0. The van der Waals surface area contributed by atoms with E-state index in [0.717, 1.165) is 5.56 Å². The van der Waals surface area contributed by atoms with Crippen molar-refractivity contribution in [3.8, 4) is 5.75 Å². The molecule has 0 amide bonds. The highest BCUT2D eigenvalue weighted by atomic mass is 79.9. The highest BCUT2D eigenvalue weighted by Gasteiger charge is 2.50. The summed E-state index contributed by atoms with van der Waals surface area (Å²) in [4.78, 5) is 49.1. The number of ether oxygens (including phenoxy) is 5. The highest BCUT2D eigenvalue weighted by Crippen LogP contribution is 2.46. The van der Waals surface area contributed by atoms with Gasteiger partial charge in [-0.1, -0.05) is 27.5 Å². The number of esters is 3. The van der Waals surface area contributed by atoms with Gasteiger partial charge in [-0.15, -0.1) is 0 Å². The van der Waals surface area contributed by atoms with Crippen LogP contribution in [0.25, 0.3) is 0 Å². The van der Waals surface area contributed by atoms with Crippen molar-refractivity contribution in [2.75, 3.05) is 45.2 Å². The topological polar surface area (TPSA) is 123 Å². The zero-order chi connectivity index (χ0) is 30.2. The Morgan fingerprint density at radius 2 is 1.78 bits per heavy atom. The third-order valence-corrected chi connectivity index (χ3v) is 7.54. The zero-order valence-electron chi connectivity index (χ0n) is 23.4. The minimum absolute atomic E-state index is 0.0905. The maximum atomic E-state index is 12.6. The normalized spacial score (nSPS) is 15.9. The van der Waals surface area contributed by atoms with Gasteiger partial charge < -0.3 is 23.7 Å². The second-order valence-corrected chi connectivity index (χ2v) is 10.8. The molecule has 1 aromatic carbocycles. The van der Waals surface area contributed by atoms with Crippen molar-refractivity contribution in [3.05, 3.63) is 61.4 Å². The van der Waals surface area contributed by atoms with Crippen LogP contribution in [-0.4, -0.2) is 68.3 Å². The molecule has 1 aromatic heterocycles. The van der Waals surface area contributed by atoms with Gasteiger partial charge in [-0.25, -0.2) is 4.79 Å². The molecule has 0 saturated carbocycles. The fourth-order valence-corrected chi connectivity index (χ4v) is 5.68. The maximum Gasteiger partial charge on any atom is 0.343 e. The summed E-state index contributed by atoms with van der Waals surface area (Å²) in [5, 5.41) is 2.26. The Labute approximate surface area is 251 Å². The van der Waals surface area contributed by atoms with E-state index in [9.17, 15) is 19.2 Å². The van der Waals surface area contributed by atoms with Crippen molar-refractivity contribution in [1.29, 1.82) is 0 Å². The number of rotatable bonds is 13. The van der Waals surface area contributed by atoms with Gasteiger partial charge in [0, 0.05) is 56.9 Å². The molecule has 0 aliphatic carbocycles. The molecular formula is C28H34BrClN2O9. The summed E-state index contributed by atoms with van der Waals surface area (Å²) in [5.74, 6) is -1.33. The summed E-state index contributed by atoms with van der Waals surface area (Å²) in [6.07, 6.45) is 4.49. The van der Waals surface area contributed by atoms with Crippen LogP contribution in [0.15, 0.2) is 39.9 Å². The fourth-order valence-electron chi connectivity index (χ4n) is 4.72. The Balaban J connectivity index is 2.17. The molecule has 0 unspecified atom stereocenters. The molecule has 0 N–H and O–H groups in total. The predicted molar refractivity (Wildman–Crippen MR) is 154 cm³/mol. The molecule has 0 radical (unpaired) electrons. The van der Waals surface area contributed by atoms with Crippen LogP contribution in [-0.2, 0) is 28.5 Å². The summed E-state index contributed by atoms with van der Waals surface area (Å²) < 4.78 is 29.3. The van der Waals surface area contributed by atoms with Gasteiger partial charge in [0.2, 0.25) is 0 Å². The van der Waals surface area contributed by atoms with Crippen molar-refractivity contribution >= 4 is 45.4 Å². The first kappa shape index (κ1) is 32.4. The summed E-state index contributed by atoms with van der Waals surface area (Å²) in [7, 11) is 1.61. The van der Waals surface area contributed by atoms with Crippen molar-refractivity contribution in [3.63, 3.8) is 0 Å². The van der Waals surface area contributed by atoms with Gasteiger partial charge in [0.25, 0.3) is 0 Å². The van der Waals surface area contributed by atoms with Gasteiger partial charge in [-0.3, -0.25) is 24.1 Å². The first-order chi connectivity index (χ1) is 19.5. The van der Waals surface area contributed by atoms with Crippen molar-refractivity contribution in [2.45, 2.75) is 51.6 Å². The Morgan fingerprint density at radius 1 is 1.10 bits per heavy atom. The number of halogens is 2. The lowest BCUT2D eigenvalue weighted by Crippen LogP contribution is -2.57. The van der Waals surface area contributed by atoms with Crippen LogP contribution in [0.3, 0.4) is 0 Å². The van der Waals surface area contributed by atoms with Crippen LogP contribution in [0.1, 0.15) is 62.0 Å². The smallest absolute Gasteiger partial charge is 0.343 e. The molecule has 1 aliphatic heterocycles. The number of benzene rings is 1. The lowest BCUT2D eigenvalue weighted by Gasteiger charge is -2.43. The Morgan fingerprint density at radius 3 is 2.39 bits per heavy atom. The van der Waals surface area contributed by atoms with Crippen molar-refractivity contribution in [2.24, 2.45) is 0 Å². The Hall–Kier alpha value is -3.09. The maximum absolute atomic E-state index is 12.6. The first-order valence-electron chi connectivity index (χ1n) is 13.1. The molecule has 3 rings (SSSR count). The van der Waals surface area contributed by atoms with Crippen LogP contribution in [0.5, 0.6) is 5.75 Å². The van der Waals surface area contributed by atoms with Gasteiger partial charge in [0.05, 0.1) is 24.3 Å². The zero-order valence-corrected chi connectivity index (χ0v) is 25.8. The first-order valence-corrected chi connectivity index (χ1v) is 14.3. The molecule has 0 bridgehead atoms. The van der Waals surface area contributed by atoms with Gasteiger partial charge in [0.15, 0.2) is 5.43 Å². The number of methoxy groups -OCH3 is 1. The number of carbonyl (C=O) groups excluding carboxylic acids is 3. The third kappa shape index (κ3) is 8.02. The molecule has 1 aliphatic rings. The summed E-state index contributed by atoms with van der Waals surface area (Å²) in [6, 6.07) is 4.38. The van der Waals surface area contributed by atoms with Crippen LogP contribution in [0, 0.1) is 0 Å². The number of carbonyl (C=O) groups is 3. The molecule has 0 spiro atoms. The molecule has 224 valence electrons. The van der Waals surface area contributed by atoms with Gasteiger partial charge in [-0.05, 0) is 37.5 Å². The van der Waals surface area contributed by atoms with E-state index in [-0.39, 0.29) is 25.4 Å².